The third kappa shape index (κ3) is 4.88. The van der Waals surface area contributed by atoms with E-state index >= 15 is 0 Å². The van der Waals surface area contributed by atoms with Crippen LogP contribution in [0.2, 0.25) is 0 Å². The number of aliphatic carboxylic acids is 1. The van der Waals surface area contributed by atoms with Gasteiger partial charge in [0.2, 0.25) is 0 Å². The van der Waals surface area contributed by atoms with Crippen molar-refractivity contribution in [2.75, 3.05) is 45.9 Å². The molecule has 0 atom stereocenters. The predicted molar refractivity (Wildman–Crippen MR) is 90.8 cm³/mol. The van der Waals surface area contributed by atoms with Crippen LogP contribution in [0, 0.1) is 17.2 Å². The van der Waals surface area contributed by atoms with Crippen LogP contribution in [-0.4, -0.2) is 83.7 Å². The standard InChI is InChI=1S/C17H24N4O5/c1-2-26-17(25)21-9-7-19(8-10-21)12-14(11-18)15(22)20-5-3-13(4-6-20)16(23)24/h12-13H,2-10H2,1H3,(H,23,24)/b14-12-. The smallest absolute Gasteiger partial charge is 0.409 e. The van der Waals surface area contributed by atoms with Crippen molar-refractivity contribution in [3.05, 3.63) is 11.8 Å². The molecule has 1 N–H and O–H groups in total. The zero-order chi connectivity index (χ0) is 19.1. The Balaban J connectivity index is 1.90. The van der Waals surface area contributed by atoms with E-state index in [4.69, 9.17) is 9.84 Å². The van der Waals surface area contributed by atoms with Gasteiger partial charge in [0.25, 0.3) is 5.91 Å². The number of carbonyl (C=O) groups is 3. The summed E-state index contributed by atoms with van der Waals surface area (Å²) in [6, 6.07) is 1.94. The highest BCUT2D eigenvalue weighted by molar-refractivity contribution is 5.97. The van der Waals surface area contributed by atoms with Gasteiger partial charge in [-0.25, -0.2) is 4.79 Å². The number of piperazine rings is 1. The molecule has 0 aromatic carbocycles. The lowest BCUT2D eigenvalue weighted by molar-refractivity contribution is -0.145. The monoisotopic (exact) mass is 364 g/mol. The lowest BCUT2D eigenvalue weighted by Crippen LogP contribution is -2.47. The number of carbonyl (C=O) groups excluding carboxylic acids is 2. The largest absolute Gasteiger partial charge is 0.481 e. The summed E-state index contributed by atoms with van der Waals surface area (Å²) in [6.45, 7) is 4.71. The van der Waals surface area contributed by atoms with Gasteiger partial charge in [-0.1, -0.05) is 0 Å². The van der Waals surface area contributed by atoms with Gasteiger partial charge < -0.3 is 24.5 Å². The van der Waals surface area contributed by atoms with Crippen molar-refractivity contribution in [3.8, 4) is 6.07 Å². The highest BCUT2D eigenvalue weighted by atomic mass is 16.6. The minimum atomic E-state index is -0.840. The molecule has 2 rings (SSSR count). The number of nitrogens with zero attached hydrogens (tertiary/aromatic N) is 4. The van der Waals surface area contributed by atoms with Crippen LogP contribution in [0.5, 0.6) is 0 Å². The Morgan fingerprint density at radius 3 is 2.23 bits per heavy atom. The number of likely N-dealkylation sites (tertiary alicyclic amines) is 1. The first-order chi connectivity index (χ1) is 12.5. The Bertz CT molecular complexity index is 611. The molecule has 2 amide bonds. The molecule has 0 saturated carbocycles. The fourth-order valence-electron chi connectivity index (χ4n) is 3.06. The fourth-order valence-corrected chi connectivity index (χ4v) is 3.06. The number of piperidine rings is 1. The van der Waals surface area contributed by atoms with Crippen LogP contribution in [0.25, 0.3) is 0 Å². The number of hydrogen-bond donors (Lipinski definition) is 1. The average Bonchev–Trinajstić information content (AvgIpc) is 2.66. The van der Waals surface area contributed by atoms with Crippen molar-refractivity contribution in [1.29, 1.82) is 5.26 Å². The number of carboxylic acid groups (broad SMARTS) is 1. The summed E-state index contributed by atoms with van der Waals surface area (Å²) in [5.74, 6) is -1.64. The minimum absolute atomic E-state index is 0.0309. The van der Waals surface area contributed by atoms with Crippen LogP contribution in [0.4, 0.5) is 4.79 Å². The maximum absolute atomic E-state index is 12.5. The van der Waals surface area contributed by atoms with Crippen LogP contribution in [0.1, 0.15) is 19.8 Å². The van der Waals surface area contributed by atoms with Crippen LogP contribution >= 0.6 is 0 Å². The van der Waals surface area contributed by atoms with Gasteiger partial charge in [-0.05, 0) is 19.8 Å². The molecule has 0 unspecified atom stereocenters. The Hall–Kier alpha value is -2.76. The summed E-state index contributed by atoms with van der Waals surface area (Å²) in [5, 5.41) is 18.4. The Labute approximate surface area is 152 Å². The van der Waals surface area contributed by atoms with Gasteiger partial charge in [0.15, 0.2) is 0 Å². The maximum atomic E-state index is 12.5. The number of amides is 2. The van der Waals surface area contributed by atoms with E-state index < -0.39 is 11.9 Å². The van der Waals surface area contributed by atoms with E-state index in [-0.39, 0.29) is 17.6 Å². The molecule has 9 nitrogen and oxygen atoms in total. The zero-order valence-electron chi connectivity index (χ0n) is 14.9. The first-order valence-corrected chi connectivity index (χ1v) is 8.76. The van der Waals surface area contributed by atoms with E-state index in [1.807, 2.05) is 11.0 Å². The van der Waals surface area contributed by atoms with Crippen LogP contribution in [0.15, 0.2) is 11.8 Å². The third-order valence-corrected chi connectivity index (χ3v) is 4.63. The number of nitriles is 1. The normalized spacial score (nSPS) is 19.1. The molecule has 2 saturated heterocycles. The second kappa shape index (κ2) is 9.08. The number of hydrogen-bond acceptors (Lipinski definition) is 6. The number of ether oxygens (including phenoxy) is 1. The SMILES string of the molecule is CCOC(=O)N1CCN(/C=C(/C#N)C(=O)N2CCC(C(=O)O)CC2)CC1. The van der Waals surface area contributed by atoms with E-state index in [2.05, 4.69) is 0 Å². The summed E-state index contributed by atoms with van der Waals surface area (Å²) in [6.07, 6.45) is 1.98. The van der Waals surface area contributed by atoms with Crippen LogP contribution in [0.3, 0.4) is 0 Å². The maximum Gasteiger partial charge on any atom is 0.409 e. The topological polar surface area (TPSA) is 114 Å². The first-order valence-electron chi connectivity index (χ1n) is 8.76. The molecular formula is C17H24N4O5. The summed E-state index contributed by atoms with van der Waals surface area (Å²) < 4.78 is 4.96. The van der Waals surface area contributed by atoms with E-state index in [1.165, 1.54) is 11.1 Å². The minimum Gasteiger partial charge on any atom is -0.481 e. The first kappa shape index (κ1) is 19.6. The molecule has 0 aromatic rings. The fraction of sp³-hybridized carbons (Fsp3) is 0.647. The van der Waals surface area contributed by atoms with Gasteiger partial charge in [-0.2, -0.15) is 5.26 Å². The van der Waals surface area contributed by atoms with E-state index in [9.17, 15) is 19.6 Å². The molecular weight excluding hydrogens is 340 g/mol. The van der Waals surface area contributed by atoms with Crippen molar-refractivity contribution in [1.82, 2.24) is 14.7 Å². The Morgan fingerprint density at radius 2 is 1.73 bits per heavy atom. The zero-order valence-corrected chi connectivity index (χ0v) is 14.9. The molecule has 142 valence electrons. The van der Waals surface area contributed by atoms with Gasteiger partial charge in [0.1, 0.15) is 11.6 Å². The Morgan fingerprint density at radius 1 is 1.12 bits per heavy atom. The number of rotatable bonds is 4. The molecule has 9 heteroatoms. The molecule has 2 fully saturated rings. The molecule has 0 aliphatic carbocycles. The summed E-state index contributed by atoms with van der Waals surface area (Å²) in [5.41, 5.74) is 0.0309. The third-order valence-electron chi connectivity index (χ3n) is 4.63. The molecule has 0 aromatic heterocycles. The second-order valence-corrected chi connectivity index (χ2v) is 6.28. The van der Waals surface area contributed by atoms with Crippen molar-refractivity contribution in [3.63, 3.8) is 0 Å². The second-order valence-electron chi connectivity index (χ2n) is 6.28. The highest BCUT2D eigenvalue weighted by Crippen LogP contribution is 2.19. The summed E-state index contributed by atoms with van der Waals surface area (Å²) in [7, 11) is 0. The van der Waals surface area contributed by atoms with Gasteiger partial charge >= 0.3 is 12.1 Å². The molecule has 0 spiro atoms. The van der Waals surface area contributed by atoms with E-state index in [0.717, 1.165) is 0 Å². The molecule has 0 bridgehead atoms. The van der Waals surface area contributed by atoms with Crippen LogP contribution in [-0.2, 0) is 14.3 Å². The van der Waals surface area contributed by atoms with Crippen LogP contribution < -0.4 is 0 Å². The van der Waals surface area contributed by atoms with E-state index in [1.54, 1.807) is 11.8 Å². The molecule has 2 aliphatic rings. The van der Waals surface area contributed by atoms with E-state index in [0.29, 0.717) is 58.7 Å². The average molecular weight is 364 g/mol. The predicted octanol–water partition coefficient (Wildman–Crippen LogP) is 0.491. The van der Waals surface area contributed by atoms with Crippen molar-refractivity contribution < 1.29 is 24.2 Å². The summed E-state index contributed by atoms with van der Waals surface area (Å²) in [4.78, 5) is 40.2. The highest BCUT2D eigenvalue weighted by Gasteiger charge is 2.29. The van der Waals surface area contributed by atoms with Crippen molar-refractivity contribution in [2.45, 2.75) is 19.8 Å². The number of carboxylic acids is 1. The van der Waals surface area contributed by atoms with Gasteiger partial charge in [0, 0.05) is 45.5 Å². The Kier molecular flexibility index (Phi) is 6.83. The summed E-state index contributed by atoms with van der Waals surface area (Å²) >= 11 is 0. The molecule has 26 heavy (non-hydrogen) atoms. The van der Waals surface area contributed by atoms with Crippen molar-refractivity contribution >= 4 is 18.0 Å². The lowest BCUT2D eigenvalue weighted by Gasteiger charge is -2.34. The molecule has 2 aliphatic heterocycles. The molecule has 2 heterocycles. The quantitative estimate of drug-likeness (QED) is 0.570. The van der Waals surface area contributed by atoms with Gasteiger partial charge in [0.05, 0.1) is 12.5 Å². The van der Waals surface area contributed by atoms with Crippen molar-refractivity contribution in [2.24, 2.45) is 5.92 Å². The lowest BCUT2D eigenvalue weighted by atomic mass is 9.97. The van der Waals surface area contributed by atoms with Gasteiger partial charge in [-0.3, -0.25) is 9.59 Å². The van der Waals surface area contributed by atoms with Gasteiger partial charge in [-0.15, -0.1) is 0 Å². The molecule has 0 radical (unpaired) electrons.